The SMILES string of the molecule is CCC(CC)C(=O)N1CCC[C@@H]1C(=O)NC(Cc1ccc2ccccc2c1)C(=O)NCCNC(=O)C(C)N. The molecule has 5 N–H and O–H groups in total. The number of carbonyl (C=O) groups excluding carboxylic acids is 4. The molecule has 206 valence electrons. The van der Waals surface area contributed by atoms with E-state index in [4.69, 9.17) is 5.73 Å². The van der Waals surface area contributed by atoms with E-state index in [0.29, 0.717) is 19.4 Å². The third kappa shape index (κ3) is 7.54. The average Bonchev–Trinajstić information content (AvgIpc) is 3.41. The molecular formula is C29H41N5O4. The number of hydrogen-bond acceptors (Lipinski definition) is 5. The van der Waals surface area contributed by atoms with Gasteiger partial charge < -0.3 is 26.6 Å². The molecule has 1 heterocycles. The molecule has 9 heteroatoms. The summed E-state index contributed by atoms with van der Waals surface area (Å²) in [5, 5.41) is 10.5. The van der Waals surface area contributed by atoms with E-state index in [1.807, 2.05) is 56.3 Å². The van der Waals surface area contributed by atoms with Crippen molar-refractivity contribution in [3.05, 3.63) is 48.0 Å². The zero-order valence-corrected chi connectivity index (χ0v) is 22.7. The third-order valence-electron chi connectivity index (χ3n) is 7.20. The maximum Gasteiger partial charge on any atom is 0.243 e. The lowest BCUT2D eigenvalue weighted by atomic mass is 10.00. The molecule has 1 aliphatic heterocycles. The lowest BCUT2D eigenvalue weighted by Crippen LogP contribution is -2.55. The lowest BCUT2D eigenvalue weighted by Gasteiger charge is -2.29. The third-order valence-corrected chi connectivity index (χ3v) is 7.20. The predicted octanol–water partition coefficient (Wildman–Crippen LogP) is 1.87. The van der Waals surface area contributed by atoms with Crippen LogP contribution in [0, 0.1) is 5.92 Å². The van der Waals surface area contributed by atoms with E-state index >= 15 is 0 Å². The predicted molar refractivity (Wildman–Crippen MR) is 148 cm³/mol. The van der Waals surface area contributed by atoms with Crippen molar-refractivity contribution in [3.63, 3.8) is 0 Å². The van der Waals surface area contributed by atoms with Crippen LogP contribution in [-0.2, 0) is 25.6 Å². The van der Waals surface area contributed by atoms with E-state index < -0.39 is 18.1 Å². The number of rotatable bonds is 12. The maximum absolute atomic E-state index is 13.4. The molecule has 0 spiro atoms. The Hall–Kier alpha value is -3.46. The Labute approximate surface area is 224 Å². The molecule has 1 aliphatic rings. The number of benzene rings is 2. The average molecular weight is 524 g/mol. The van der Waals surface area contributed by atoms with Gasteiger partial charge in [0.1, 0.15) is 12.1 Å². The van der Waals surface area contributed by atoms with Gasteiger partial charge in [-0.1, -0.05) is 56.3 Å². The first-order valence-electron chi connectivity index (χ1n) is 13.6. The second-order valence-corrected chi connectivity index (χ2v) is 10.0. The lowest BCUT2D eigenvalue weighted by molar-refractivity contribution is -0.142. The highest BCUT2D eigenvalue weighted by Crippen LogP contribution is 2.23. The Morgan fingerprint density at radius 2 is 1.63 bits per heavy atom. The summed E-state index contributed by atoms with van der Waals surface area (Å²) in [4.78, 5) is 53.1. The first-order chi connectivity index (χ1) is 18.2. The first kappa shape index (κ1) is 29.1. The van der Waals surface area contributed by atoms with Gasteiger partial charge in [0.05, 0.1) is 6.04 Å². The Kier molecular flexibility index (Phi) is 10.6. The van der Waals surface area contributed by atoms with Crippen molar-refractivity contribution in [1.29, 1.82) is 0 Å². The molecule has 0 aromatic heterocycles. The van der Waals surface area contributed by atoms with E-state index in [1.54, 1.807) is 11.8 Å². The molecule has 0 aliphatic carbocycles. The molecule has 2 aromatic rings. The quantitative estimate of drug-likeness (QED) is 0.315. The minimum Gasteiger partial charge on any atom is -0.353 e. The summed E-state index contributed by atoms with van der Waals surface area (Å²) in [5.41, 5.74) is 6.47. The molecule has 0 radical (unpaired) electrons. The number of likely N-dealkylation sites (tertiary alicyclic amines) is 1. The summed E-state index contributed by atoms with van der Waals surface area (Å²) < 4.78 is 0. The summed E-state index contributed by atoms with van der Waals surface area (Å²) in [5.74, 6) is -1.06. The van der Waals surface area contributed by atoms with E-state index in [-0.39, 0.29) is 42.6 Å². The number of nitrogens with one attached hydrogen (secondary N) is 3. The first-order valence-corrected chi connectivity index (χ1v) is 13.6. The zero-order chi connectivity index (χ0) is 27.7. The van der Waals surface area contributed by atoms with Gasteiger partial charge in [0.2, 0.25) is 23.6 Å². The molecular weight excluding hydrogens is 482 g/mol. The molecule has 0 saturated carbocycles. The summed E-state index contributed by atoms with van der Waals surface area (Å²) in [6.45, 7) is 6.53. The van der Waals surface area contributed by atoms with E-state index in [2.05, 4.69) is 16.0 Å². The monoisotopic (exact) mass is 523 g/mol. The summed E-state index contributed by atoms with van der Waals surface area (Å²) >= 11 is 0. The summed E-state index contributed by atoms with van der Waals surface area (Å²) in [6, 6.07) is 11.9. The highest BCUT2D eigenvalue weighted by atomic mass is 16.2. The highest BCUT2D eigenvalue weighted by Gasteiger charge is 2.37. The Morgan fingerprint density at radius 1 is 0.974 bits per heavy atom. The van der Waals surface area contributed by atoms with Crippen LogP contribution in [0.2, 0.25) is 0 Å². The van der Waals surface area contributed by atoms with E-state index in [0.717, 1.165) is 35.6 Å². The van der Waals surface area contributed by atoms with Crippen molar-refractivity contribution < 1.29 is 19.2 Å². The molecule has 2 aromatic carbocycles. The normalized spacial score (nSPS) is 16.8. The van der Waals surface area contributed by atoms with Crippen LogP contribution in [0.25, 0.3) is 10.8 Å². The Bertz CT molecular complexity index is 1130. The zero-order valence-electron chi connectivity index (χ0n) is 22.7. The van der Waals surface area contributed by atoms with Gasteiger partial charge in [-0.3, -0.25) is 19.2 Å². The van der Waals surface area contributed by atoms with Crippen LogP contribution < -0.4 is 21.7 Å². The molecule has 9 nitrogen and oxygen atoms in total. The number of nitrogens with two attached hydrogens (primary N) is 1. The second-order valence-electron chi connectivity index (χ2n) is 10.0. The molecule has 1 saturated heterocycles. The topological polar surface area (TPSA) is 134 Å². The largest absolute Gasteiger partial charge is 0.353 e. The number of hydrogen-bond donors (Lipinski definition) is 4. The molecule has 1 fully saturated rings. The fourth-order valence-corrected chi connectivity index (χ4v) is 4.91. The standard InChI is InChI=1S/C29H41N5O4/c1-4-21(5-2)29(38)34-16-8-11-25(34)28(37)33-24(27(36)32-15-14-31-26(35)19(3)30)18-20-12-13-22-9-6-7-10-23(22)17-20/h6-7,9-10,12-13,17,19,21,24-25H,4-5,8,11,14-16,18,30H2,1-3H3,(H,31,35)(H,32,36)(H,33,37)/t19?,24?,25-/m1/s1. The fraction of sp³-hybridized carbons (Fsp3) is 0.517. The van der Waals surface area contributed by atoms with Crippen molar-refractivity contribution in [3.8, 4) is 0 Å². The molecule has 3 rings (SSSR count). The second kappa shape index (κ2) is 13.9. The van der Waals surface area contributed by atoms with Gasteiger partial charge in [0.25, 0.3) is 0 Å². The number of nitrogens with zero attached hydrogens (tertiary/aromatic N) is 1. The molecule has 38 heavy (non-hydrogen) atoms. The number of fused-ring (bicyclic) bond motifs is 1. The Balaban J connectivity index is 1.73. The van der Waals surface area contributed by atoms with Gasteiger partial charge >= 0.3 is 0 Å². The van der Waals surface area contributed by atoms with Crippen LogP contribution in [0.4, 0.5) is 0 Å². The van der Waals surface area contributed by atoms with Gasteiger partial charge in [-0.25, -0.2) is 0 Å². The van der Waals surface area contributed by atoms with Gasteiger partial charge in [-0.05, 0) is 48.9 Å². The van der Waals surface area contributed by atoms with Crippen LogP contribution >= 0.6 is 0 Å². The van der Waals surface area contributed by atoms with Gasteiger partial charge in [-0.15, -0.1) is 0 Å². The van der Waals surface area contributed by atoms with Gasteiger partial charge in [0.15, 0.2) is 0 Å². The van der Waals surface area contributed by atoms with Crippen LogP contribution in [0.15, 0.2) is 42.5 Å². The maximum atomic E-state index is 13.4. The van der Waals surface area contributed by atoms with Gasteiger partial charge in [-0.2, -0.15) is 0 Å². The van der Waals surface area contributed by atoms with Crippen molar-refractivity contribution in [2.75, 3.05) is 19.6 Å². The minimum absolute atomic E-state index is 0.00746. The van der Waals surface area contributed by atoms with Crippen LogP contribution in [0.1, 0.15) is 52.0 Å². The molecule has 4 amide bonds. The van der Waals surface area contributed by atoms with Gasteiger partial charge in [0, 0.05) is 32.0 Å². The van der Waals surface area contributed by atoms with Crippen molar-refractivity contribution in [2.24, 2.45) is 11.7 Å². The fourth-order valence-electron chi connectivity index (χ4n) is 4.91. The minimum atomic E-state index is -0.835. The van der Waals surface area contributed by atoms with Crippen molar-refractivity contribution in [2.45, 2.75) is 71.0 Å². The number of amides is 4. The summed E-state index contributed by atoms with van der Waals surface area (Å²) in [6.07, 6.45) is 3.08. The van der Waals surface area contributed by atoms with Crippen molar-refractivity contribution >= 4 is 34.4 Å². The van der Waals surface area contributed by atoms with E-state index in [1.165, 1.54) is 0 Å². The molecule has 0 bridgehead atoms. The molecule has 3 atom stereocenters. The highest BCUT2D eigenvalue weighted by molar-refractivity contribution is 5.93. The van der Waals surface area contributed by atoms with Crippen LogP contribution in [-0.4, -0.2) is 66.3 Å². The van der Waals surface area contributed by atoms with Crippen molar-refractivity contribution in [1.82, 2.24) is 20.9 Å². The summed E-state index contributed by atoms with van der Waals surface area (Å²) in [7, 11) is 0. The molecule has 2 unspecified atom stereocenters. The Morgan fingerprint density at radius 3 is 2.29 bits per heavy atom. The van der Waals surface area contributed by atoms with E-state index in [9.17, 15) is 19.2 Å². The smallest absolute Gasteiger partial charge is 0.243 e. The van der Waals surface area contributed by atoms with Crippen LogP contribution in [0.3, 0.4) is 0 Å². The number of carbonyl (C=O) groups is 4. The van der Waals surface area contributed by atoms with Crippen LogP contribution in [0.5, 0.6) is 0 Å².